The van der Waals surface area contributed by atoms with Crippen LogP contribution in [0.15, 0.2) is 10.9 Å². The summed E-state index contributed by atoms with van der Waals surface area (Å²) in [6.45, 7) is 4.99. The van der Waals surface area contributed by atoms with E-state index in [2.05, 4.69) is 0 Å². The molecule has 0 fully saturated rings. The van der Waals surface area contributed by atoms with Gasteiger partial charge in [0.15, 0.2) is 5.78 Å². The topological polar surface area (TPSA) is 42.3 Å². The number of ketones is 1. The third-order valence-electron chi connectivity index (χ3n) is 3.32. The van der Waals surface area contributed by atoms with Gasteiger partial charge in [-0.05, 0) is 32.3 Å². The quantitative estimate of drug-likeness (QED) is 0.693. The van der Waals surface area contributed by atoms with Crippen molar-refractivity contribution in [1.29, 1.82) is 0 Å². The van der Waals surface area contributed by atoms with Crippen molar-refractivity contribution in [3.63, 3.8) is 0 Å². The predicted octanol–water partition coefficient (Wildman–Crippen LogP) is 1.59. The van der Waals surface area contributed by atoms with E-state index in [0.717, 1.165) is 30.8 Å². The van der Waals surface area contributed by atoms with Gasteiger partial charge in [-0.25, -0.2) is 0 Å². The standard InChI is InChI=1S/C13H18N2O2/c1-9-8-11(17)15-7-5-4-6-14(3)13(15)12(9)10(2)16/h8H,4-7H2,1-3H3. The van der Waals surface area contributed by atoms with Crippen LogP contribution in [0.4, 0.5) is 5.82 Å². The summed E-state index contributed by atoms with van der Waals surface area (Å²) in [4.78, 5) is 25.8. The van der Waals surface area contributed by atoms with Gasteiger partial charge in [0.05, 0.1) is 5.56 Å². The lowest BCUT2D eigenvalue weighted by Crippen LogP contribution is -2.30. The van der Waals surface area contributed by atoms with Crippen LogP contribution in [0.3, 0.4) is 0 Å². The number of anilines is 1. The fourth-order valence-corrected chi connectivity index (χ4v) is 2.52. The second kappa shape index (κ2) is 4.35. The summed E-state index contributed by atoms with van der Waals surface area (Å²) in [6, 6.07) is 1.57. The van der Waals surface area contributed by atoms with Gasteiger partial charge in [0.25, 0.3) is 5.56 Å². The van der Waals surface area contributed by atoms with E-state index in [4.69, 9.17) is 0 Å². The lowest BCUT2D eigenvalue weighted by Gasteiger charge is -2.23. The average molecular weight is 234 g/mol. The number of fused-ring (bicyclic) bond motifs is 1. The highest BCUT2D eigenvalue weighted by molar-refractivity contribution is 6.00. The van der Waals surface area contributed by atoms with E-state index in [1.54, 1.807) is 17.6 Å². The summed E-state index contributed by atoms with van der Waals surface area (Å²) >= 11 is 0. The van der Waals surface area contributed by atoms with E-state index in [1.807, 2.05) is 18.9 Å². The van der Waals surface area contributed by atoms with Gasteiger partial charge in [0.2, 0.25) is 0 Å². The largest absolute Gasteiger partial charge is 0.360 e. The number of pyridine rings is 1. The van der Waals surface area contributed by atoms with Crippen molar-refractivity contribution in [3.8, 4) is 0 Å². The van der Waals surface area contributed by atoms with E-state index in [1.165, 1.54) is 0 Å². The average Bonchev–Trinajstić information content (AvgIpc) is 2.41. The van der Waals surface area contributed by atoms with Crippen molar-refractivity contribution in [1.82, 2.24) is 4.57 Å². The van der Waals surface area contributed by atoms with E-state index in [0.29, 0.717) is 12.1 Å². The van der Waals surface area contributed by atoms with Gasteiger partial charge in [-0.15, -0.1) is 0 Å². The minimum absolute atomic E-state index is 0.00347. The van der Waals surface area contributed by atoms with Crippen LogP contribution >= 0.6 is 0 Å². The maximum Gasteiger partial charge on any atom is 0.252 e. The van der Waals surface area contributed by atoms with Gasteiger partial charge >= 0.3 is 0 Å². The molecular weight excluding hydrogens is 216 g/mol. The van der Waals surface area contributed by atoms with Crippen LogP contribution in [0, 0.1) is 6.92 Å². The van der Waals surface area contributed by atoms with Gasteiger partial charge in [-0.1, -0.05) is 0 Å². The van der Waals surface area contributed by atoms with E-state index in [-0.39, 0.29) is 11.3 Å². The lowest BCUT2D eigenvalue weighted by atomic mass is 10.1. The summed E-state index contributed by atoms with van der Waals surface area (Å²) in [7, 11) is 1.95. The van der Waals surface area contributed by atoms with Crippen LogP contribution in [-0.2, 0) is 6.54 Å². The zero-order chi connectivity index (χ0) is 12.6. The molecule has 0 N–H and O–H groups in total. The van der Waals surface area contributed by atoms with Crippen LogP contribution in [-0.4, -0.2) is 23.9 Å². The first kappa shape index (κ1) is 11.9. The molecule has 0 unspecified atom stereocenters. The molecule has 0 amide bonds. The Hall–Kier alpha value is -1.58. The molecule has 0 aliphatic carbocycles. The molecule has 0 radical (unpaired) electrons. The molecule has 1 aromatic heterocycles. The highest BCUT2D eigenvalue weighted by Gasteiger charge is 2.21. The SMILES string of the molecule is CC(=O)c1c(C)cc(=O)n2c1N(C)CCCC2. The summed E-state index contributed by atoms with van der Waals surface area (Å²) in [5.74, 6) is 0.819. The van der Waals surface area contributed by atoms with Crippen molar-refractivity contribution in [3.05, 3.63) is 27.5 Å². The zero-order valence-corrected chi connectivity index (χ0v) is 10.6. The molecular formula is C13H18N2O2. The summed E-state index contributed by atoms with van der Waals surface area (Å²) < 4.78 is 1.73. The third kappa shape index (κ3) is 1.99. The number of hydrogen-bond donors (Lipinski definition) is 0. The van der Waals surface area contributed by atoms with Crippen molar-refractivity contribution in [2.75, 3.05) is 18.5 Å². The van der Waals surface area contributed by atoms with Crippen LogP contribution in [0.25, 0.3) is 0 Å². The Morgan fingerprint density at radius 2 is 1.94 bits per heavy atom. The molecule has 4 nitrogen and oxygen atoms in total. The van der Waals surface area contributed by atoms with E-state index >= 15 is 0 Å². The Kier molecular flexibility index (Phi) is 3.05. The minimum Gasteiger partial charge on any atom is -0.360 e. The summed E-state index contributed by atoms with van der Waals surface area (Å²) in [5, 5.41) is 0. The fourth-order valence-electron chi connectivity index (χ4n) is 2.52. The van der Waals surface area contributed by atoms with Crippen molar-refractivity contribution >= 4 is 11.6 Å². The van der Waals surface area contributed by atoms with Crippen molar-refractivity contribution < 1.29 is 4.79 Å². The lowest BCUT2D eigenvalue weighted by molar-refractivity contribution is 0.101. The molecule has 0 saturated carbocycles. The first-order valence-corrected chi connectivity index (χ1v) is 5.99. The number of aryl methyl sites for hydroxylation is 1. The van der Waals surface area contributed by atoms with Gasteiger partial charge in [0, 0.05) is 26.2 Å². The molecule has 0 atom stereocenters. The Labute approximate surface area is 101 Å². The van der Waals surface area contributed by atoms with Crippen LogP contribution in [0.1, 0.15) is 35.7 Å². The molecule has 0 saturated heterocycles. The molecule has 1 aliphatic rings. The number of nitrogens with zero attached hydrogens (tertiary/aromatic N) is 2. The molecule has 4 heteroatoms. The zero-order valence-electron chi connectivity index (χ0n) is 10.6. The highest BCUT2D eigenvalue weighted by atomic mass is 16.1. The molecule has 0 spiro atoms. The monoisotopic (exact) mass is 234 g/mol. The minimum atomic E-state index is -0.00347. The second-order valence-electron chi connectivity index (χ2n) is 4.70. The van der Waals surface area contributed by atoms with E-state index < -0.39 is 0 Å². The first-order valence-electron chi connectivity index (χ1n) is 5.99. The van der Waals surface area contributed by atoms with Gasteiger partial charge in [-0.3, -0.25) is 14.2 Å². The van der Waals surface area contributed by atoms with E-state index in [9.17, 15) is 9.59 Å². The first-order chi connectivity index (χ1) is 8.02. The molecule has 17 heavy (non-hydrogen) atoms. The fraction of sp³-hybridized carbons (Fsp3) is 0.538. The maximum atomic E-state index is 12.0. The van der Waals surface area contributed by atoms with Gasteiger partial charge in [0.1, 0.15) is 5.82 Å². The molecule has 1 aromatic rings. The van der Waals surface area contributed by atoms with Crippen molar-refractivity contribution in [2.45, 2.75) is 33.2 Å². The predicted molar refractivity (Wildman–Crippen MR) is 67.9 cm³/mol. The Morgan fingerprint density at radius 1 is 1.29 bits per heavy atom. The Bertz CT molecular complexity index is 517. The Morgan fingerprint density at radius 3 is 2.59 bits per heavy atom. The normalized spacial score (nSPS) is 15.4. The van der Waals surface area contributed by atoms with Crippen molar-refractivity contribution in [2.24, 2.45) is 0 Å². The molecule has 2 heterocycles. The Balaban J connectivity index is 2.77. The second-order valence-corrected chi connectivity index (χ2v) is 4.70. The number of carbonyl (C=O) groups excluding carboxylic acids is 1. The third-order valence-corrected chi connectivity index (χ3v) is 3.32. The maximum absolute atomic E-state index is 12.0. The molecule has 92 valence electrons. The van der Waals surface area contributed by atoms with Gasteiger partial charge in [-0.2, -0.15) is 0 Å². The smallest absolute Gasteiger partial charge is 0.252 e. The number of Topliss-reactive ketones (excluding diaryl/α,β-unsaturated/α-hetero) is 1. The summed E-state index contributed by atoms with van der Waals surface area (Å²) in [5.41, 5.74) is 1.47. The highest BCUT2D eigenvalue weighted by Crippen LogP contribution is 2.24. The molecule has 0 aromatic carbocycles. The number of carbonyl (C=O) groups is 1. The molecule has 0 bridgehead atoms. The summed E-state index contributed by atoms with van der Waals surface area (Å²) in [6.07, 6.45) is 2.03. The van der Waals surface area contributed by atoms with Crippen LogP contribution in [0.2, 0.25) is 0 Å². The van der Waals surface area contributed by atoms with Gasteiger partial charge < -0.3 is 4.90 Å². The number of aromatic nitrogens is 1. The number of rotatable bonds is 1. The molecule has 1 aliphatic heterocycles. The number of hydrogen-bond acceptors (Lipinski definition) is 3. The molecule has 2 rings (SSSR count). The van der Waals surface area contributed by atoms with Crippen LogP contribution < -0.4 is 10.5 Å². The van der Waals surface area contributed by atoms with Crippen LogP contribution in [0.5, 0.6) is 0 Å².